The van der Waals surface area contributed by atoms with Gasteiger partial charge in [-0.3, -0.25) is 4.99 Å². The van der Waals surface area contributed by atoms with Crippen LogP contribution in [0.25, 0.3) is 0 Å². The van der Waals surface area contributed by atoms with Crippen LogP contribution < -0.4 is 10.6 Å². The average molecular weight is 526 g/mol. The summed E-state index contributed by atoms with van der Waals surface area (Å²) in [5.74, 6) is 2.91. The highest BCUT2D eigenvalue weighted by atomic mass is 127. The molecule has 2 aromatic rings. The normalized spacial score (nSPS) is 17.5. The predicted molar refractivity (Wildman–Crippen MR) is 128 cm³/mol. The maximum absolute atomic E-state index is 14.2. The molecule has 1 aliphatic carbocycles. The molecule has 1 saturated carbocycles. The van der Waals surface area contributed by atoms with E-state index in [4.69, 9.17) is 0 Å². The van der Waals surface area contributed by atoms with E-state index in [0.717, 1.165) is 68.4 Å². The van der Waals surface area contributed by atoms with Crippen LogP contribution in [0.1, 0.15) is 55.7 Å². The number of nitrogens with one attached hydrogen (secondary N) is 2. The van der Waals surface area contributed by atoms with E-state index >= 15 is 0 Å². The first-order chi connectivity index (χ1) is 14.2. The standard InChI is InChI=1S/C22H31FN6.HI/c1-24-21(26-16-22(12-13-22)17-8-4-5-9-18(17)23)25-14-7-11-20-28-27-19-10-3-2-6-15-29(19)20;/h4-5,8-9H,2-3,6-7,10-16H2,1H3,(H2,24,25,26);1H. The molecule has 1 fully saturated rings. The van der Waals surface area contributed by atoms with Crippen LogP contribution in [0.5, 0.6) is 0 Å². The number of rotatable bonds is 7. The lowest BCUT2D eigenvalue weighted by Crippen LogP contribution is -2.41. The van der Waals surface area contributed by atoms with E-state index in [0.29, 0.717) is 6.54 Å². The first-order valence-electron chi connectivity index (χ1n) is 10.8. The molecule has 164 valence electrons. The number of hydrogen-bond acceptors (Lipinski definition) is 3. The number of halogens is 2. The number of aromatic nitrogens is 3. The molecule has 2 N–H and O–H groups in total. The minimum Gasteiger partial charge on any atom is -0.356 e. The second-order valence-corrected chi connectivity index (χ2v) is 8.21. The molecule has 2 aliphatic rings. The lowest BCUT2D eigenvalue weighted by molar-refractivity contribution is 0.558. The largest absolute Gasteiger partial charge is 0.356 e. The molecule has 6 nitrogen and oxygen atoms in total. The van der Waals surface area contributed by atoms with Gasteiger partial charge in [-0.15, -0.1) is 34.2 Å². The molecule has 8 heteroatoms. The molecule has 1 aliphatic heterocycles. The van der Waals surface area contributed by atoms with Gasteiger partial charge in [-0.05, 0) is 43.7 Å². The van der Waals surface area contributed by atoms with Gasteiger partial charge in [0.1, 0.15) is 17.5 Å². The number of guanidine groups is 1. The third-order valence-corrected chi connectivity index (χ3v) is 6.17. The Morgan fingerprint density at radius 2 is 2.00 bits per heavy atom. The summed E-state index contributed by atoms with van der Waals surface area (Å²) in [5.41, 5.74) is 0.720. The number of fused-ring (bicyclic) bond motifs is 1. The maximum atomic E-state index is 14.2. The van der Waals surface area contributed by atoms with Gasteiger partial charge in [-0.25, -0.2) is 4.39 Å². The summed E-state index contributed by atoms with van der Waals surface area (Å²) in [6.07, 6.45) is 8.66. The molecule has 2 heterocycles. The fraction of sp³-hybridized carbons (Fsp3) is 0.591. The Hall–Kier alpha value is -1.71. The zero-order valence-corrected chi connectivity index (χ0v) is 20.0. The van der Waals surface area contributed by atoms with Crippen LogP contribution in [0, 0.1) is 5.82 Å². The van der Waals surface area contributed by atoms with Gasteiger partial charge in [0.25, 0.3) is 0 Å². The van der Waals surface area contributed by atoms with Gasteiger partial charge in [0.05, 0.1) is 0 Å². The van der Waals surface area contributed by atoms with Crippen molar-refractivity contribution in [2.24, 2.45) is 4.99 Å². The van der Waals surface area contributed by atoms with E-state index in [2.05, 4.69) is 30.4 Å². The van der Waals surface area contributed by atoms with Crippen LogP contribution in [0.3, 0.4) is 0 Å². The molecule has 0 amide bonds. The fourth-order valence-corrected chi connectivity index (χ4v) is 4.24. The summed E-state index contributed by atoms with van der Waals surface area (Å²) in [6, 6.07) is 7.11. The summed E-state index contributed by atoms with van der Waals surface area (Å²) in [6.45, 7) is 2.56. The Morgan fingerprint density at radius 1 is 1.17 bits per heavy atom. The Bertz CT molecular complexity index is 861. The molecular formula is C22H32FIN6. The highest BCUT2D eigenvalue weighted by Crippen LogP contribution is 2.48. The van der Waals surface area contributed by atoms with Crippen LogP contribution >= 0.6 is 24.0 Å². The third-order valence-electron chi connectivity index (χ3n) is 6.17. The van der Waals surface area contributed by atoms with Crippen molar-refractivity contribution >= 4 is 29.9 Å². The van der Waals surface area contributed by atoms with Gasteiger partial charge in [0.2, 0.25) is 0 Å². The van der Waals surface area contributed by atoms with Crippen molar-refractivity contribution in [3.63, 3.8) is 0 Å². The Balaban J connectivity index is 0.00000256. The summed E-state index contributed by atoms with van der Waals surface area (Å²) in [5, 5.41) is 15.5. The second kappa shape index (κ2) is 10.5. The summed E-state index contributed by atoms with van der Waals surface area (Å²) < 4.78 is 16.5. The van der Waals surface area contributed by atoms with Crippen molar-refractivity contribution < 1.29 is 4.39 Å². The van der Waals surface area contributed by atoms with Gasteiger partial charge < -0.3 is 15.2 Å². The molecule has 0 saturated heterocycles. The Labute approximate surface area is 195 Å². The molecule has 0 unspecified atom stereocenters. The van der Waals surface area contributed by atoms with Crippen molar-refractivity contribution in [2.75, 3.05) is 20.1 Å². The number of aliphatic imine (C=N–C) groups is 1. The highest BCUT2D eigenvalue weighted by molar-refractivity contribution is 14.0. The summed E-state index contributed by atoms with van der Waals surface area (Å²) in [4.78, 5) is 4.32. The van der Waals surface area contributed by atoms with Crippen LogP contribution in [-0.2, 0) is 24.8 Å². The Morgan fingerprint density at radius 3 is 2.77 bits per heavy atom. The van der Waals surface area contributed by atoms with Gasteiger partial charge in [-0.1, -0.05) is 24.6 Å². The topological polar surface area (TPSA) is 67.1 Å². The number of nitrogens with zero attached hydrogens (tertiary/aromatic N) is 4. The molecule has 0 atom stereocenters. The minimum atomic E-state index is -0.109. The first kappa shape index (κ1) is 23.0. The molecule has 0 bridgehead atoms. The lowest BCUT2D eigenvalue weighted by Gasteiger charge is -2.19. The molecular weight excluding hydrogens is 494 g/mol. The van der Waals surface area contributed by atoms with E-state index in [-0.39, 0.29) is 35.2 Å². The number of hydrogen-bond donors (Lipinski definition) is 2. The third kappa shape index (κ3) is 5.31. The van der Waals surface area contributed by atoms with E-state index < -0.39 is 0 Å². The Kier molecular flexibility index (Phi) is 8.07. The lowest BCUT2D eigenvalue weighted by atomic mass is 9.95. The highest BCUT2D eigenvalue weighted by Gasteiger charge is 2.45. The minimum absolute atomic E-state index is 0. The fourth-order valence-electron chi connectivity index (χ4n) is 4.24. The molecule has 30 heavy (non-hydrogen) atoms. The van der Waals surface area contributed by atoms with E-state index in [9.17, 15) is 4.39 Å². The van der Waals surface area contributed by atoms with Gasteiger partial charge in [0, 0.05) is 44.9 Å². The van der Waals surface area contributed by atoms with E-state index in [1.165, 1.54) is 19.3 Å². The molecule has 4 rings (SSSR count). The maximum Gasteiger partial charge on any atom is 0.191 e. The van der Waals surface area contributed by atoms with Crippen molar-refractivity contribution in [2.45, 2.75) is 63.3 Å². The van der Waals surface area contributed by atoms with Gasteiger partial charge >= 0.3 is 0 Å². The monoisotopic (exact) mass is 526 g/mol. The van der Waals surface area contributed by atoms with Crippen LogP contribution in [-0.4, -0.2) is 40.9 Å². The van der Waals surface area contributed by atoms with Crippen molar-refractivity contribution in [3.8, 4) is 0 Å². The van der Waals surface area contributed by atoms with Crippen LogP contribution in [0.4, 0.5) is 4.39 Å². The zero-order valence-electron chi connectivity index (χ0n) is 17.7. The predicted octanol–water partition coefficient (Wildman–Crippen LogP) is 3.59. The number of aryl methyl sites for hydroxylation is 2. The van der Waals surface area contributed by atoms with Crippen molar-refractivity contribution in [1.29, 1.82) is 0 Å². The smallest absolute Gasteiger partial charge is 0.191 e. The van der Waals surface area contributed by atoms with Gasteiger partial charge in [-0.2, -0.15) is 0 Å². The van der Waals surface area contributed by atoms with Crippen LogP contribution in [0.15, 0.2) is 29.3 Å². The first-order valence-corrected chi connectivity index (χ1v) is 10.8. The molecule has 0 radical (unpaired) electrons. The summed E-state index contributed by atoms with van der Waals surface area (Å²) >= 11 is 0. The summed E-state index contributed by atoms with van der Waals surface area (Å²) in [7, 11) is 1.77. The van der Waals surface area contributed by atoms with Crippen LogP contribution in [0.2, 0.25) is 0 Å². The quantitative estimate of drug-likeness (QED) is 0.251. The zero-order chi connectivity index (χ0) is 20.1. The van der Waals surface area contributed by atoms with E-state index in [1.807, 2.05) is 12.1 Å². The average Bonchev–Trinajstić information content (AvgIpc) is 3.48. The second-order valence-electron chi connectivity index (χ2n) is 8.21. The molecule has 0 spiro atoms. The van der Waals surface area contributed by atoms with Crippen molar-refractivity contribution in [1.82, 2.24) is 25.4 Å². The SMILES string of the molecule is CN=C(NCCCc1nnc2n1CCCCC2)NCC1(c2ccccc2F)CC1.I. The van der Waals surface area contributed by atoms with E-state index in [1.54, 1.807) is 19.2 Å². The van der Waals surface area contributed by atoms with Gasteiger partial charge in [0.15, 0.2) is 5.96 Å². The van der Waals surface area contributed by atoms with Crippen molar-refractivity contribution in [3.05, 3.63) is 47.3 Å². The number of benzene rings is 1. The molecule has 1 aromatic carbocycles. The molecule has 1 aromatic heterocycles.